The van der Waals surface area contributed by atoms with Crippen LogP contribution in [0.3, 0.4) is 0 Å². The van der Waals surface area contributed by atoms with Gasteiger partial charge in [0.15, 0.2) is 0 Å². The third-order valence-electron chi connectivity index (χ3n) is 2.76. The third-order valence-corrected chi connectivity index (χ3v) is 2.76. The average molecular weight is 302 g/mol. The zero-order valence-corrected chi connectivity index (χ0v) is 12.3. The summed E-state index contributed by atoms with van der Waals surface area (Å²) in [4.78, 5) is 11.5. The smallest absolute Gasteiger partial charge is 0.317 e. The number of hydrogen-bond donors (Lipinski definition) is 1. The van der Waals surface area contributed by atoms with Crippen molar-refractivity contribution in [2.24, 2.45) is 5.92 Å². The zero-order valence-electron chi connectivity index (χ0n) is 12.3. The lowest BCUT2D eigenvalue weighted by Crippen LogP contribution is -2.30. The first-order valence-electron chi connectivity index (χ1n) is 6.76. The molecule has 1 aromatic carbocycles. The predicted octanol–water partition coefficient (Wildman–Crippen LogP) is 2.95. The van der Waals surface area contributed by atoms with E-state index in [1.54, 1.807) is 12.1 Å². The molecule has 6 heteroatoms. The van der Waals surface area contributed by atoms with Crippen LogP contribution in [0.2, 0.25) is 0 Å². The van der Waals surface area contributed by atoms with Gasteiger partial charge in [-0.1, -0.05) is 12.1 Å². The fourth-order valence-electron chi connectivity index (χ4n) is 1.83. The van der Waals surface area contributed by atoms with Gasteiger partial charge in [0.05, 0.1) is 18.8 Å². The van der Waals surface area contributed by atoms with E-state index in [0.717, 1.165) is 0 Å². The quantitative estimate of drug-likeness (QED) is 0.787. The van der Waals surface area contributed by atoms with Gasteiger partial charge in [-0.15, -0.1) is 0 Å². The molecular weight excluding hydrogens is 282 g/mol. The summed E-state index contributed by atoms with van der Waals surface area (Å²) >= 11 is 0. The Labute approximate surface area is 122 Å². The maximum Gasteiger partial charge on any atom is 0.317 e. The van der Waals surface area contributed by atoms with Gasteiger partial charge in [-0.2, -0.15) is 0 Å². The lowest BCUT2D eigenvalue weighted by atomic mass is 9.96. The van der Waals surface area contributed by atoms with E-state index in [4.69, 9.17) is 4.74 Å². The standard InChI is InChI=1S/C15H20F2O4/c1-4-20-15(19)12(14(16)17)13(18)10-5-7-11(8-6-10)21-9(2)3/h5-9,12-14,18H,4H2,1-3H3. The van der Waals surface area contributed by atoms with Crippen molar-refractivity contribution in [3.05, 3.63) is 29.8 Å². The molecule has 0 saturated heterocycles. The second kappa shape index (κ2) is 7.93. The van der Waals surface area contributed by atoms with E-state index < -0.39 is 24.4 Å². The van der Waals surface area contributed by atoms with Crippen molar-refractivity contribution in [2.75, 3.05) is 6.61 Å². The first-order chi connectivity index (χ1) is 9.86. The maximum atomic E-state index is 13.0. The van der Waals surface area contributed by atoms with Gasteiger partial charge >= 0.3 is 5.97 Å². The monoisotopic (exact) mass is 302 g/mol. The van der Waals surface area contributed by atoms with Gasteiger partial charge in [0.25, 0.3) is 6.43 Å². The van der Waals surface area contributed by atoms with Crippen molar-refractivity contribution < 1.29 is 28.2 Å². The lowest BCUT2D eigenvalue weighted by Gasteiger charge is -2.21. The molecule has 1 N–H and O–H groups in total. The summed E-state index contributed by atoms with van der Waals surface area (Å²) in [5, 5.41) is 10.00. The molecule has 0 aliphatic heterocycles. The van der Waals surface area contributed by atoms with Gasteiger partial charge in [-0.3, -0.25) is 4.79 Å². The molecule has 0 heterocycles. The molecule has 0 aromatic heterocycles. The number of hydrogen-bond acceptors (Lipinski definition) is 4. The number of aliphatic hydroxyl groups is 1. The minimum Gasteiger partial charge on any atom is -0.491 e. The number of carbonyl (C=O) groups excluding carboxylic acids is 1. The molecule has 118 valence electrons. The summed E-state index contributed by atoms with van der Waals surface area (Å²) in [6.45, 7) is 5.22. The topological polar surface area (TPSA) is 55.8 Å². The number of alkyl halides is 2. The summed E-state index contributed by atoms with van der Waals surface area (Å²) in [5.74, 6) is -2.45. The molecule has 0 saturated carbocycles. The van der Waals surface area contributed by atoms with E-state index in [9.17, 15) is 18.7 Å². The Morgan fingerprint density at radius 1 is 1.24 bits per heavy atom. The van der Waals surface area contributed by atoms with E-state index in [0.29, 0.717) is 5.75 Å². The summed E-state index contributed by atoms with van der Waals surface area (Å²) in [7, 11) is 0. The van der Waals surface area contributed by atoms with Gasteiger partial charge in [-0.05, 0) is 38.5 Å². The molecule has 2 atom stereocenters. The van der Waals surface area contributed by atoms with Crippen LogP contribution < -0.4 is 4.74 Å². The Morgan fingerprint density at radius 2 is 1.81 bits per heavy atom. The molecule has 21 heavy (non-hydrogen) atoms. The molecular formula is C15H20F2O4. The van der Waals surface area contributed by atoms with Gasteiger partial charge in [0, 0.05) is 0 Å². The molecule has 2 unspecified atom stereocenters. The molecule has 0 amide bonds. The van der Waals surface area contributed by atoms with Crippen LogP contribution in [0.15, 0.2) is 24.3 Å². The molecule has 0 fully saturated rings. The Balaban J connectivity index is 2.88. The SMILES string of the molecule is CCOC(=O)C(C(F)F)C(O)c1ccc(OC(C)C)cc1. The average Bonchev–Trinajstić information content (AvgIpc) is 2.38. The van der Waals surface area contributed by atoms with Crippen LogP contribution in [-0.2, 0) is 9.53 Å². The normalized spacial score (nSPS) is 14.1. The highest BCUT2D eigenvalue weighted by Gasteiger charge is 2.37. The van der Waals surface area contributed by atoms with Crippen molar-refractivity contribution in [1.29, 1.82) is 0 Å². The maximum absolute atomic E-state index is 13.0. The van der Waals surface area contributed by atoms with Gasteiger partial charge in [0.2, 0.25) is 0 Å². The van der Waals surface area contributed by atoms with Crippen molar-refractivity contribution in [3.8, 4) is 5.75 Å². The summed E-state index contributed by atoms with van der Waals surface area (Å²) in [6, 6.07) is 6.03. The number of ether oxygens (including phenoxy) is 2. The summed E-state index contributed by atoms with van der Waals surface area (Å²) in [5.41, 5.74) is 0.212. The molecule has 0 aliphatic carbocycles. The number of rotatable bonds is 7. The van der Waals surface area contributed by atoms with Gasteiger partial charge in [-0.25, -0.2) is 8.78 Å². The van der Waals surface area contributed by atoms with Crippen molar-refractivity contribution in [1.82, 2.24) is 0 Å². The summed E-state index contributed by atoms with van der Waals surface area (Å²) < 4.78 is 36.0. The van der Waals surface area contributed by atoms with Crippen LogP contribution in [0, 0.1) is 5.92 Å². The first-order valence-corrected chi connectivity index (χ1v) is 6.76. The largest absolute Gasteiger partial charge is 0.491 e. The molecule has 1 aromatic rings. The highest BCUT2D eigenvalue weighted by Crippen LogP contribution is 2.29. The van der Waals surface area contributed by atoms with Crippen LogP contribution in [0.5, 0.6) is 5.75 Å². The molecule has 4 nitrogen and oxygen atoms in total. The van der Waals surface area contributed by atoms with Crippen LogP contribution in [0.25, 0.3) is 0 Å². The molecule has 0 spiro atoms. The van der Waals surface area contributed by atoms with E-state index in [1.165, 1.54) is 19.1 Å². The minimum atomic E-state index is -3.01. The number of esters is 1. The molecule has 0 bridgehead atoms. The second-order valence-electron chi connectivity index (χ2n) is 4.79. The van der Waals surface area contributed by atoms with Crippen LogP contribution in [0.1, 0.15) is 32.4 Å². The molecule has 0 aliphatic rings. The summed E-state index contributed by atoms with van der Waals surface area (Å²) in [6.07, 6.45) is -4.66. The minimum absolute atomic E-state index is 0.0179. The Kier molecular flexibility index (Phi) is 6.55. The van der Waals surface area contributed by atoms with Crippen molar-refractivity contribution in [3.63, 3.8) is 0 Å². The highest BCUT2D eigenvalue weighted by atomic mass is 19.3. The van der Waals surface area contributed by atoms with Gasteiger partial charge in [0.1, 0.15) is 11.7 Å². The Morgan fingerprint density at radius 3 is 2.24 bits per heavy atom. The van der Waals surface area contributed by atoms with Crippen LogP contribution in [0.4, 0.5) is 8.78 Å². The third kappa shape index (κ3) is 4.97. The Hall–Kier alpha value is -1.69. The molecule has 1 rings (SSSR count). The van der Waals surface area contributed by atoms with E-state index in [2.05, 4.69) is 4.74 Å². The number of aliphatic hydroxyl groups excluding tert-OH is 1. The highest BCUT2D eigenvalue weighted by molar-refractivity contribution is 5.74. The lowest BCUT2D eigenvalue weighted by molar-refractivity contribution is -0.160. The Bertz CT molecular complexity index is 445. The second-order valence-corrected chi connectivity index (χ2v) is 4.79. The predicted molar refractivity (Wildman–Crippen MR) is 73.3 cm³/mol. The van der Waals surface area contributed by atoms with Crippen molar-refractivity contribution >= 4 is 5.97 Å². The molecule has 0 radical (unpaired) electrons. The van der Waals surface area contributed by atoms with Crippen LogP contribution in [-0.4, -0.2) is 30.2 Å². The van der Waals surface area contributed by atoms with Gasteiger partial charge < -0.3 is 14.6 Å². The number of halogens is 2. The fourth-order valence-corrected chi connectivity index (χ4v) is 1.83. The fraction of sp³-hybridized carbons (Fsp3) is 0.533. The van der Waals surface area contributed by atoms with Crippen molar-refractivity contribution in [2.45, 2.75) is 39.4 Å². The number of carbonyl (C=O) groups is 1. The van der Waals surface area contributed by atoms with E-state index >= 15 is 0 Å². The van der Waals surface area contributed by atoms with Crippen LogP contribution >= 0.6 is 0 Å². The van der Waals surface area contributed by atoms with E-state index in [-0.39, 0.29) is 18.3 Å². The first kappa shape index (κ1) is 17.4. The zero-order chi connectivity index (χ0) is 16.0. The number of benzene rings is 1. The van der Waals surface area contributed by atoms with E-state index in [1.807, 2.05) is 13.8 Å².